The first-order valence-corrected chi connectivity index (χ1v) is 5.12. The summed E-state index contributed by atoms with van der Waals surface area (Å²) in [6.45, 7) is 0. The zero-order valence-corrected chi connectivity index (χ0v) is 7.81. The lowest BCUT2D eigenvalue weighted by Gasteiger charge is -2.06. The first-order valence-electron chi connectivity index (χ1n) is 3.51. The van der Waals surface area contributed by atoms with Gasteiger partial charge in [0.05, 0.1) is 10.9 Å². The fourth-order valence-electron chi connectivity index (χ4n) is 0.926. The van der Waals surface area contributed by atoms with E-state index in [0.29, 0.717) is 0 Å². The Morgan fingerprint density at radius 3 is 2.29 bits per heavy atom. The molecular weight excluding hydrogens is 209 g/mol. The highest BCUT2D eigenvalue weighted by Crippen LogP contribution is 2.33. The number of nitrogen functional groups attached to an aromatic ring is 1. The summed E-state index contributed by atoms with van der Waals surface area (Å²) < 4.78 is 10.8. The van der Waals surface area contributed by atoms with Gasteiger partial charge in [0.25, 0.3) is 0 Å². The van der Waals surface area contributed by atoms with Crippen LogP contribution in [0, 0.1) is 0 Å². The summed E-state index contributed by atoms with van der Waals surface area (Å²) in [5, 5.41) is 8.29. The molecule has 14 heavy (non-hydrogen) atoms. The van der Waals surface area contributed by atoms with Gasteiger partial charge in [0.1, 0.15) is 0 Å². The molecule has 0 aromatic heterocycles. The Morgan fingerprint density at radius 2 is 1.93 bits per heavy atom. The van der Waals surface area contributed by atoms with Crippen LogP contribution in [-0.4, -0.2) is 20.9 Å². The molecule has 0 unspecified atom stereocenters. The minimum Gasteiger partial charge on any atom is -0.478 e. The van der Waals surface area contributed by atoms with Crippen molar-refractivity contribution in [1.82, 2.24) is 0 Å². The van der Waals surface area contributed by atoms with E-state index in [1.807, 2.05) is 0 Å². The zero-order valence-electron chi connectivity index (χ0n) is 6.91. The van der Waals surface area contributed by atoms with E-state index in [0.717, 1.165) is 18.2 Å². The summed E-state index contributed by atoms with van der Waals surface area (Å²) in [6, 6.07) is 3.07. The average molecular weight is 217 g/mol. The lowest BCUT2D eigenvalue weighted by atomic mass is 10.2. The third kappa shape index (κ3) is 2.11. The Balaban J connectivity index is 3.27. The number of carboxylic acid groups (broad SMARTS) is 1. The smallest absolute Gasteiger partial charge is 0.356 e. The predicted molar refractivity (Wildman–Crippen MR) is 49.5 cm³/mol. The lowest BCUT2D eigenvalue weighted by Crippen LogP contribution is -2.09. The van der Waals surface area contributed by atoms with E-state index < -0.39 is 13.6 Å². The molecule has 1 rings (SSSR count). The molecule has 0 fully saturated rings. The Labute approximate surface area is 79.1 Å². The van der Waals surface area contributed by atoms with Gasteiger partial charge in [-0.05, 0) is 18.2 Å². The molecule has 0 aliphatic rings. The van der Waals surface area contributed by atoms with Gasteiger partial charge in [0, 0.05) is 5.69 Å². The molecule has 0 amide bonds. The molecule has 5 N–H and O–H groups in total. The Hall–Kier alpha value is -1.36. The third-order valence-corrected chi connectivity index (χ3v) is 2.55. The van der Waals surface area contributed by atoms with Gasteiger partial charge >= 0.3 is 13.6 Å². The molecule has 0 saturated carbocycles. The number of anilines is 1. The van der Waals surface area contributed by atoms with Gasteiger partial charge in [-0.2, -0.15) is 0 Å². The van der Waals surface area contributed by atoms with Crippen molar-refractivity contribution in [3.63, 3.8) is 0 Å². The van der Waals surface area contributed by atoms with Crippen LogP contribution < -0.4 is 11.0 Å². The second-order valence-electron chi connectivity index (χ2n) is 2.62. The molecule has 7 heteroatoms. The van der Waals surface area contributed by atoms with Gasteiger partial charge in [0.2, 0.25) is 0 Å². The Kier molecular flexibility index (Phi) is 2.62. The summed E-state index contributed by atoms with van der Waals surface area (Å²) in [7, 11) is -4.37. The summed E-state index contributed by atoms with van der Waals surface area (Å²) in [6.07, 6.45) is 0. The van der Waals surface area contributed by atoms with Crippen molar-refractivity contribution in [1.29, 1.82) is 0 Å². The summed E-state index contributed by atoms with van der Waals surface area (Å²) in [5.74, 6) is -1.24. The van der Waals surface area contributed by atoms with Crippen molar-refractivity contribution < 1.29 is 24.3 Å². The van der Waals surface area contributed by atoms with Gasteiger partial charge < -0.3 is 20.6 Å². The van der Waals surface area contributed by atoms with Crippen LogP contribution in [-0.2, 0) is 4.57 Å². The number of hydrogen-bond acceptors (Lipinski definition) is 3. The van der Waals surface area contributed by atoms with E-state index in [4.69, 9.17) is 20.6 Å². The van der Waals surface area contributed by atoms with Gasteiger partial charge in [-0.15, -0.1) is 0 Å². The maximum Gasteiger partial charge on any atom is 0.356 e. The molecule has 0 heterocycles. The topological polar surface area (TPSA) is 121 Å². The van der Waals surface area contributed by atoms with Crippen molar-refractivity contribution in [2.75, 3.05) is 5.73 Å². The van der Waals surface area contributed by atoms with Crippen LogP contribution in [0.5, 0.6) is 0 Å². The molecule has 0 aliphatic heterocycles. The number of carboxylic acids is 1. The van der Waals surface area contributed by atoms with Crippen LogP contribution in [0.1, 0.15) is 10.4 Å². The van der Waals surface area contributed by atoms with Gasteiger partial charge in [-0.1, -0.05) is 0 Å². The van der Waals surface area contributed by atoms with Crippen molar-refractivity contribution in [3.05, 3.63) is 23.8 Å². The van der Waals surface area contributed by atoms with Crippen molar-refractivity contribution in [2.24, 2.45) is 0 Å². The number of rotatable bonds is 2. The Bertz CT molecular complexity index is 424. The molecular formula is C7H8NO5P. The van der Waals surface area contributed by atoms with E-state index in [1.165, 1.54) is 0 Å². The first kappa shape index (κ1) is 10.7. The van der Waals surface area contributed by atoms with Gasteiger partial charge in [-0.3, -0.25) is 4.57 Å². The fraction of sp³-hybridized carbons (Fsp3) is 0. The highest BCUT2D eigenvalue weighted by Gasteiger charge is 2.19. The molecule has 0 saturated heterocycles. The number of carbonyl (C=O) groups is 1. The van der Waals surface area contributed by atoms with Crippen molar-refractivity contribution in [2.45, 2.75) is 0 Å². The van der Waals surface area contributed by atoms with Crippen LogP contribution in [0.15, 0.2) is 18.2 Å². The van der Waals surface area contributed by atoms with Crippen LogP contribution in [0.25, 0.3) is 0 Å². The quantitative estimate of drug-likeness (QED) is 0.401. The van der Waals surface area contributed by atoms with Crippen LogP contribution in [0.2, 0.25) is 0 Å². The second kappa shape index (κ2) is 3.42. The molecule has 76 valence electrons. The number of benzene rings is 1. The minimum absolute atomic E-state index is 0.168. The molecule has 6 nitrogen and oxygen atoms in total. The van der Waals surface area contributed by atoms with Crippen LogP contribution >= 0.6 is 7.60 Å². The second-order valence-corrected chi connectivity index (χ2v) is 4.23. The van der Waals surface area contributed by atoms with E-state index >= 15 is 0 Å². The molecule has 0 atom stereocenters. The number of nitrogens with two attached hydrogens (primary N) is 1. The highest BCUT2D eigenvalue weighted by molar-refractivity contribution is 7.60. The molecule has 1 aromatic carbocycles. The third-order valence-electron chi connectivity index (χ3n) is 1.60. The van der Waals surface area contributed by atoms with Gasteiger partial charge in [-0.25, -0.2) is 4.79 Å². The molecule has 0 aliphatic carbocycles. The van der Waals surface area contributed by atoms with Crippen molar-refractivity contribution >= 4 is 24.6 Å². The van der Waals surface area contributed by atoms with Crippen molar-refractivity contribution in [3.8, 4) is 0 Å². The molecule has 1 aromatic rings. The SMILES string of the molecule is Nc1cc(P(=O)(O)O)ccc1C(=O)O. The maximum absolute atomic E-state index is 10.8. The van der Waals surface area contributed by atoms with Gasteiger partial charge in [0.15, 0.2) is 0 Å². The van der Waals surface area contributed by atoms with E-state index in [1.54, 1.807) is 0 Å². The number of aromatic carboxylic acids is 1. The maximum atomic E-state index is 10.8. The molecule has 0 radical (unpaired) electrons. The van der Waals surface area contributed by atoms with Crippen LogP contribution in [0.4, 0.5) is 5.69 Å². The number of hydrogen-bond donors (Lipinski definition) is 4. The molecule has 0 bridgehead atoms. The van der Waals surface area contributed by atoms with Crippen LogP contribution in [0.3, 0.4) is 0 Å². The average Bonchev–Trinajstić information content (AvgIpc) is 2.01. The fourth-order valence-corrected chi connectivity index (χ4v) is 1.50. The lowest BCUT2D eigenvalue weighted by molar-refractivity contribution is 0.0698. The zero-order chi connectivity index (χ0) is 10.9. The van der Waals surface area contributed by atoms with E-state index in [9.17, 15) is 9.36 Å². The standard InChI is InChI=1S/C7H8NO5P/c8-6-3-4(14(11,12)13)1-2-5(6)7(9)10/h1-3H,8H2,(H,9,10)(H2,11,12,13). The monoisotopic (exact) mass is 217 g/mol. The minimum atomic E-state index is -4.37. The summed E-state index contributed by atoms with van der Waals surface area (Å²) in [4.78, 5) is 28.0. The normalized spacial score (nSPS) is 11.3. The van der Waals surface area contributed by atoms with E-state index in [2.05, 4.69) is 0 Å². The van der Waals surface area contributed by atoms with E-state index in [-0.39, 0.29) is 16.6 Å². The first-order chi connectivity index (χ1) is 6.32. The molecule has 0 spiro atoms. The predicted octanol–water partition coefficient (Wildman–Crippen LogP) is -0.230. The largest absolute Gasteiger partial charge is 0.478 e. The Morgan fingerprint density at radius 1 is 1.36 bits per heavy atom. The summed E-state index contributed by atoms with van der Waals surface area (Å²) >= 11 is 0. The summed E-state index contributed by atoms with van der Waals surface area (Å²) in [5.41, 5.74) is 4.95. The highest BCUT2D eigenvalue weighted by atomic mass is 31.2.